The molecule has 1 aliphatic carbocycles. The van der Waals surface area contributed by atoms with Crippen LogP contribution in [0.5, 0.6) is 0 Å². The maximum absolute atomic E-state index is 12.3. The van der Waals surface area contributed by atoms with E-state index < -0.39 is 0 Å². The highest BCUT2D eigenvalue weighted by molar-refractivity contribution is 5.89. The van der Waals surface area contributed by atoms with E-state index in [0.717, 1.165) is 44.0 Å². The molecule has 1 aromatic rings. The Morgan fingerprint density at radius 2 is 2.00 bits per heavy atom. The van der Waals surface area contributed by atoms with Crippen molar-refractivity contribution in [3.63, 3.8) is 0 Å². The van der Waals surface area contributed by atoms with Crippen LogP contribution in [0.1, 0.15) is 56.6 Å². The Balaban J connectivity index is 1.55. The van der Waals surface area contributed by atoms with Gasteiger partial charge in [0.05, 0.1) is 0 Å². The van der Waals surface area contributed by atoms with E-state index >= 15 is 0 Å². The largest absolute Gasteiger partial charge is 0.335 e. The van der Waals surface area contributed by atoms with Crippen LogP contribution in [-0.2, 0) is 13.0 Å². The molecule has 132 valence electrons. The van der Waals surface area contributed by atoms with E-state index in [-0.39, 0.29) is 6.03 Å². The van der Waals surface area contributed by atoms with E-state index in [4.69, 9.17) is 0 Å². The summed E-state index contributed by atoms with van der Waals surface area (Å²) in [4.78, 5) is 14.6. The molecule has 1 heterocycles. The van der Waals surface area contributed by atoms with Crippen molar-refractivity contribution in [3.05, 3.63) is 29.3 Å². The summed E-state index contributed by atoms with van der Waals surface area (Å²) in [5, 5.41) is 6.18. The summed E-state index contributed by atoms with van der Waals surface area (Å²) < 4.78 is 0. The summed E-state index contributed by atoms with van der Waals surface area (Å²) >= 11 is 0. The van der Waals surface area contributed by atoms with Crippen LogP contribution in [-0.4, -0.2) is 30.6 Å². The van der Waals surface area contributed by atoms with Crippen LogP contribution in [0.25, 0.3) is 0 Å². The number of carbonyl (C=O) groups excluding carboxylic acids is 1. The standard InChI is InChI=1S/C20H31N3O/c1-3-15-6-9-18(10-7-15)21-20(24)22-19-11-8-16-5-4-12-23(2)14-17(16)13-19/h8,11,13,15,18H,3-7,9-10,12,14H2,1-2H3,(H2,21,22,24). The highest BCUT2D eigenvalue weighted by atomic mass is 16.2. The molecule has 0 unspecified atom stereocenters. The predicted octanol–water partition coefficient (Wildman–Crippen LogP) is 4.15. The first-order valence-electron chi connectivity index (χ1n) is 9.52. The second-order valence-corrected chi connectivity index (χ2v) is 7.55. The Labute approximate surface area is 146 Å². The van der Waals surface area contributed by atoms with Crippen LogP contribution in [0.15, 0.2) is 18.2 Å². The van der Waals surface area contributed by atoms with Crippen molar-refractivity contribution < 1.29 is 4.79 Å². The molecule has 1 saturated carbocycles. The van der Waals surface area contributed by atoms with Gasteiger partial charge in [-0.1, -0.05) is 19.4 Å². The number of fused-ring (bicyclic) bond motifs is 1. The smallest absolute Gasteiger partial charge is 0.319 e. The SMILES string of the molecule is CCC1CCC(NC(=O)Nc2ccc3c(c2)CN(C)CCC3)CC1. The molecule has 0 bridgehead atoms. The van der Waals surface area contributed by atoms with Gasteiger partial charge in [-0.2, -0.15) is 0 Å². The van der Waals surface area contributed by atoms with Gasteiger partial charge in [-0.05, 0) is 81.3 Å². The monoisotopic (exact) mass is 329 g/mol. The third-order valence-corrected chi connectivity index (χ3v) is 5.65. The molecule has 2 amide bonds. The van der Waals surface area contributed by atoms with Gasteiger partial charge in [0.1, 0.15) is 0 Å². The number of benzene rings is 1. The molecular formula is C20H31N3O. The fourth-order valence-electron chi connectivity index (χ4n) is 4.07. The summed E-state index contributed by atoms with van der Waals surface area (Å²) in [5.74, 6) is 0.854. The van der Waals surface area contributed by atoms with Gasteiger partial charge in [-0.15, -0.1) is 0 Å². The molecule has 3 rings (SSSR count). The molecule has 0 spiro atoms. The Morgan fingerprint density at radius 1 is 1.21 bits per heavy atom. The van der Waals surface area contributed by atoms with E-state index in [9.17, 15) is 4.79 Å². The van der Waals surface area contributed by atoms with Gasteiger partial charge in [0.15, 0.2) is 0 Å². The molecule has 1 aliphatic heterocycles. The Morgan fingerprint density at radius 3 is 2.75 bits per heavy atom. The number of aryl methyl sites for hydroxylation is 1. The average Bonchev–Trinajstić information content (AvgIpc) is 2.75. The maximum atomic E-state index is 12.3. The van der Waals surface area contributed by atoms with Gasteiger partial charge in [0.2, 0.25) is 0 Å². The lowest BCUT2D eigenvalue weighted by Gasteiger charge is -2.28. The van der Waals surface area contributed by atoms with E-state index in [2.05, 4.69) is 41.6 Å². The van der Waals surface area contributed by atoms with Crippen LogP contribution in [0.4, 0.5) is 10.5 Å². The lowest BCUT2D eigenvalue weighted by Crippen LogP contribution is -2.40. The van der Waals surface area contributed by atoms with Gasteiger partial charge in [-0.25, -0.2) is 4.79 Å². The van der Waals surface area contributed by atoms with Crippen molar-refractivity contribution in [1.82, 2.24) is 10.2 Å². The number of nitrogens with zero attached hydrogens (tertiary/aromatic N) is 1. The minimum atomic E-state index is -0.0584. The molecule has 2 N–H and O–H groups in total. The number of amides is 2. The van der Waals surface area contributed by atoms with Crippen molar-refractivity contribution in [2.24, 2.45) is 5.92 Å². The first-order chi connectivity index (χ1) is 11.6. The molecule has 0 atom stereocenters. The molecule has 2 aliphatic rings. The fraction of sp³-hybridized carbons (Fsp3) is 0.650. The van der Waals surface area contributed by atoms with Gasteiger partial charge in [0.25, 0.3) is 0 Å². The maximum Gasteiger partial charge on any atom is 0.319 e. The highest BCUT2D eigenvalue weighted by Gasteiger charge is 2.21. The second kappa shape index (κ2) is 8.02. The van der Waals surface area contributed by atoms with Crippen molar-refractivity contribution >= 4 is 11.7 Å². The molecule has 1 aromatic carbocycles. The molecular weight excluding hydrogens is 298 g/mol. The number of urea groups is 1. The number of carbonyl (C=O) groups is 1. The minimum absolute atomic E-state index is 0.0584. The Hall–Kier alpha value is -1.55. The Kier molecular flexibility index (Phi) is 5.77. The lowest BCUT2D eigenvalue weighted by molar-refractivity contribution is 0.237. The Bertz CT molecular complexity index is 564. The molecule has 1 fully saturated rings. The zero-order valence-electron chi connectivity index (χ0n) is 15.1. The van der Waals surface area contributed by atoms with Gasteiger partial charge in [0, 0.05) is 18.3 Å². The minimum Gasteiger partial charge on any atom is -0.335 e. The molecule has 24 heavy (non-hydrogen) atoms. The first kappa shape index (κ1) is 17.3. The molecule has 0 radical (unpaired) electrons. The lowest BCUT2D eigenvalue weighted by atomic mass is 9.85. The van der Waals surface area contributed by atoms with Crippen LogP contribution in [0.2, 0.25) is 0 Å². The van der Waals surface area contributed by atoms with Crippen LogP contribution in [0.3, 0.4) is 0 Å². The number of rotatable bonds is 3. The predicted molar refractivity (Wildman–Crippen MR) is 99.3 cm³/mol. The van der Waals surface area contributed by atoms with Crippen molar-refractivity contribution in [3.8, 4) is 0 Å². The molecule has 0 saturated heterocycles. The van der Waals surface area contributed by atoms with Crippen LogP contribution >= 0.6 is 0 Å². The average molecular weight is 329 g/mol. The quantitative estimate of drug-likeness (QED) is 0.875. The van der Waals surface area contributed by atoms with Gasteiger partial charge >= 0.3 is 6.03 Å². The summed E-state index contributed by atoms with van der Waals surface area (Å²) in [5.41, 5.74) is 3.67. The zero-order valence-corrected chi connectivity index (χ0v) is 15.1. The fourth-order valence-corrected chi connectivity index (χ4v) is 4.07. The van der Waals surface area contributed by atoms with Crippen molar-refractivity contribution in [1.29, 1.82) is 0 Å². The number of anilines is 1. The summed E-state index contributed by atoms with van der Waals surface area (Å²) in [6, 6.07) is 6.63. The summed E-state index contributed by atoms with van der Waals surface area (Å²) in [6.07, 6.45) is 8.31. The van der Waals surface area contributed by atoms with E-state index in [1.807, 2.05) is 6.07 Å². The number of nitrogens with one attached hydrogen (secondary N) is 2. The molecule has 0 aromatic heterocycles. The van der Waals surface area contributed by atoms with Crippen LogP contribution < -0.4 is 10.6 Å². The van der Waals surface area contributed by atoms with Crippen molar-refractivity contribution in [2.45, 2.75) is 64.5 Å². The number of hydrogen-bond acceptors (Lipinski definition) is 2. The summed E-state index contributed by atoms with van der Waals surface area (Å²) in [6.45, 7) is 4.37. The summed E-state index contributed by atoms with van der Waals surface area (Å²) in [7, 11) is 2.16. The van der Waals surface area contributed by atoms with Crippen LogP contribution in [0, 0.1) is 5.92 Å². The number of hydrogen-bond donors (Lipinski definition) is 2. The van der Waals surface area contributed by atoms with E-state index in [0.29, 0.717) is 6.04 Å². The van der Waals surface area contributed by atoms with E-state index in [1.165, 1.54) is 36.8 Å². The van der Waals surface area contributed by atoms with Gasteiger partial charge in [-0.3, -0.25) is 0 Å². The van der Waals surface area contributed by atoms with Crippen molar-refractivity contribution in [2.75, 3.05) is 18.9 Å². The topological polar surface area (TPSA) is 44.4 Å². The van der Waals surface area contributed by atoms with Gasteiger partial charge < -0.3 is 15.5 Å². The first-order valence-corrected chi connectivity index (χ1v) is 9.52. The third-order valence-electron chi connectivity index (χ3n) is 5.65. The molecule has 4 nitrogen and oxygen atoms in total. The third kappa shape index (κ3) is 4.50. The molecule has 4 heteroatoms. The zero-order chi connectivity index (χ0) is 16.9. The highest BCUT2D eigenvalue weighted by Crippen LogP contribution is 2.26. The normalized spacial score (nSPS) is 24.8. The second-order valence-electron chi connectivity index (χ2n) is 7.55. The van der Waals surface area contributed by atoms with E-state index in [1.54, 1.807) is 0 Å².